The molecule has 0 aliphatic heterocycles. The van der Waals surface area contributed by atoms with Gasteiger partial charge in [-0.1, -0.05) is 13.0 Å². The second kappa shape index (κ2) is 9.52. The zero-order valence-corrected chi connectivity index (χ0v) is 20.2. The Hall–Kier alpha value is -3.20. The number of aryl methyl sites for hydroxylation is 3. The summed E-state index contributed by atoms with van der Waals surface area (Å²) in [6.07, 6.45) is 0. The van der Waals surface area contributed by atoms with Gasteiger partial charge in [0.05, 0.1) is 39.3 Å². The van der Waals surface area contributed by atoms with Crippen LogP contribution < -0.4 is 10.1 Å². The van der Waals surface area contributed by atoms with Gasteiger partial charge in [-0.25, -0.2) is 0 Å². The number of amides is 1. The van der Waals surface area contributed by atoms with E-state index in [0.29, 0.717) is 18.0 Å². The van der Waals surface area contributed by atoms with Gasteiger partial charge in [0, 0.05) is 17.8 Å². The molecule has 2 aromatic carbocycles. The van der Waals surface area contributed by atoms with E-state index in [1.165, 1.54) is 12.1 Å². The van der Waals surface area contributed by atoms with Crippen LogP contribution in [0, 0.1) is 43.7 Å². The molecule has 0 bridgehead atoms. The highest BCUT2D eigenvalue weighted by Gasteiger charge is 2.19. The highest BCUT2D eigenvalue weighted by molar-refractivity contribution is 9.10. The third-order valence-electron chi connectivity index (χ3n) is 4.99. The molecule has 32 heavy (non-hydrogen) atoms. The van der Waals surface area contributed by atoms with Crippen molar-refractivity contribution in [2.24, 2.45) is 5.92 Å². The SMILES string of the molecule is Cc1cc(C)cc(Oc2cc(NC(=O)C(C)Cn3nc(C)c(Br)c3C)cc([N+](=O)[O-])c2)c1. The Balaban J connectivity index is 1.80. The van der Waals surface area contributed by atoms with Gasteiger partial charge < -0.3 is 10.1 Å². The number of hydrogen-bond donors (Lipinski definition) is 1. The van der Waals surface area contributed by atoms with Crippen LogP contribution in [-0.2, 0) is 11.3 Å². The van der Waals surface area contributed by atoms with Crippen LogP contribution in [0.2, 0.25) is 0 Å². The highest BCUT2D eigenvalue weighted by atomic mass is 79.9. The second-order valence-electron chi connectivity index (χ2n) is 7.96. The molecular weight excluding hydrogens is 476 g/mol. The minimum Gasteiger partial charge on any atom is -0.457 e. The summed E-state index contributed by atoms with van der Waals surface area (Å²) >= 11 is 3.48. The molecule has 1 amide bonds. The number of nitro benzene ring substituents is 1. The fraction of sp³-hybridized carbons (Fsp3) is 0.304. The van der Waals surface area contributed by atoms with E-state index >= 15 is 0 Å². The smallest absolute Gasteiger partial charge is 0.275 e. The maximum atomic E-state index is 12.8. The van der Waals surface area contributed by atoms with E-state index in [2.05, 4.69) is 26.3 Å². The zero-order valence-electron chi connectivity index (χ0n) is 18.6. The van der Waals surface area contributed by atoms with Crippen LogP contribution in [0.5, 0.6) is 11.5 Å². The molecule has 8 nitrogen and oxygen atoms in total. The van der Waals surface area contributed by atoms with Gasteiger partial charge in [-0.15, -0.1) is 0 Å². The Morgan fingerprint density at radius 3 is 2.31 bits per heavy atom. The predicted molar refractivity (Wildman–Crippen MR) is 126 cm³/mol. The first-order chi connectivity index (χ1) is 15.0. The first-order valence-corrected chi connectivity index (χ1v) is 10.9. The molecule has 3 aromatic rings. The number of nitrogens with zero attached hydrogens (tertiary/aromatic N) is 3. The number of halogens is 1. The van der Waals surface area contributed by atoms with Crippen LogP contribution in [0.25, 0.3) is 0 Å². The van der Waals surface area contributed by atoms with Gasteiger partial charge in [0.15, 0.2) is 0 Å². The number of non-ortho nitro benzene ring substituents is 1. The lowest BCUT2D eigenvalue weighted by Crippen LogP contribution is -2.25. The fourth-order valence-corrected chi connectivity index (χ4v) is 3.69. The van der Waals surface area contributed by atoms with E-state index in [1.807, 2.05) is 45.9 Å². The summed E-state index contributed by atoms with van der Waals surface area (Å²) in [4.78, 5) is 23.7. The van der Waals surface area contributed by atoms with E-state index < -0.39 is 10.8 Å². The third kappa shape index (κ3) is 5.53. The first kappa shape index (κ1) is 23.5. The van der Waals surface area contributed by atoms with Gasteiger partial charge in [0.25, 0.3) is 5.69 Å². The first-order valence-electron chi connectivity index (χ1n) is 10.1. The number of benzene rings is 2. The minimum atomic E-state index is -0.513. The van der Waals surface area contributed by atoms with Crippen LogP contribution in [0.3, 0.4) is 0 Å². The maximum absolute atomic E-state index is 12.8. The lowest BCUT2D eigenvalue weighted by atomic mass is 10.1. The molecular formula is C23H25BrN4O4. The van der Waals surface area contributed by atoms with Crippen LogP contribution in [0.15, 0.2) is 40.9 Å². The number of rotatable bonds is 7. The lowest BCUT2D eigenvalue weighted by Gasteiger charge is -2.14. The van der Waals surface area contributed by atoms with E-state index in [-0.39, 0.29) is 17.3 Å². The largest absolute Gasteiger partial charge is 0.457 e. The van der Waals surface area contributed by atoms with Gasteiger partial charge in [-0.3, -0.25) is 19.6 Å². The molecule has 168 valence electrons. The van der Waals surface area contributed by atoms with Gasteiger partial charge >= 0.3 is 0 Å². The van der Waals surface area contributed by atoms with Crippen molar-refractivity contribution in [3.63, 3.8) is 0 Å². The van der Waals surface area contributed by atoms with Crippen LogP contribution in [0.4, 0.5) is 11.4 Å². The van der Waals surface area contributed by atoms with Gasteiger partial charge in [0.1, 0.15) is 11.5 Å². The molecule has 9 heteroatoms. The molecule has 1 aromatic heterocycles. The van der Waals surface area contributed by atoms with Crippen molar-refractivity contribution >= 4 is 33.2 Å². The summed E-state index contributed by atoms with van der Waals surface area (Å²) in [6.45, 7) is 9.86. The number of hydrogen-bond acceptors (Lipinski definition) is 5. The molecule has 0 aliphatic carbocycles. The summed E-state index contributed by atoms with van der Waals surface area (Å²) in [7, 11) is 0. The summed E-state index contributed by atoms with van der Waals surface area (Å²) in [6, 6.07) is 9.93. The molecule has 0 fully saturated rings. The number of nitro groups is 1. The Kier molecular flexibility index (Phi) is 6.98. The molecule has 0 aliphatic rings. The fourth-order valence-electron chi connectivity index (χ4n) is 3.41. The van der Waals surface area contributed by atoms with Crippen molar-refractivity contribution < 1.29 is 14.5 Å². The molecule has 1 atom stereocenters. The molecule has 3 rings (SSSR count). The van der Waals surface area contributed by atoms with Crippen molar-refractivity contribution in [3.8, 4) is 11.5 Å². The number of carbonyl (C=O) groups excluding carboxylic acids is 1. The number of nitrogens with one attached hydrogen (secondary N) is 1. The highest BCUT2D eigenvalue weighted by Crippen LogP contribution is 2.31. The third-order valence-corrected chi connectivity index (χ3v) is 6.14. The van der Waals surface area contributed by atoms with Gasteiger partial charge in [-0.2, -0.15) is 5.10 Å². The monoisotopic (exact) mass is 500 g/mol. The van der Waals surface area contributed by atoms with Gasteiger partial charge in [-0.05, 0) is 66.9 Å². The molecule has 0 saturated heterocycles. The summed E-state index contributed by atoms with van der Waals surface area (Å²) in [5.41, 5.74) is 3.94. The van der Waals surface area contributed by atoms with E-state index in [4.69, 9.17) is 4.74 Å². The normalized spacial score (nSPS) is 11.8. The topological polar surface area (TPSA) is 99.3 Å². The van der Waals surface area contributed by atoms with E-state index in [9.17, 15) is 14.9 Å². The average Bonchev–Trinajstić information content (AvgIpc) is 2.93. The Bertz CT molecular complexity index is 1170. The van der Waals surface area contributed by atoms with Crippen molar-refractivity contribution in [1.29, 1.82) is 0 Å². The van der Waals surface area contributed by atoms with E-state index in [1.54, 1.807) is 17.7 Å². The van der Waals surface area contributed by atoms with Crippen molar-refractivity contribution in [2.45, 2.75) is 41.2 Å². The molecule has 1 unspecified atom stereocenters. The zero-order chi connectivity index (χ0) is 23.6. The summed E-state index contributed by atoms with van der Waals surface area (Å²) < 4.78 is 8.55. The summed E-state index contributed by atoms with van der Waals surface area (Å²) in [5.74, 6) is 0.160. The Morgan fingerprint density at radius 1 is 1.12 bits per heavy atom. The number of anilines is 1. The maximum Gasteiger partial charge on any atom is 0.275 e. The predicted octanol–water partition coefficient (Wildman–Crippen LogP) is 5.85. The number of aromatic nitrogens is 2. The molecule has 1 heterocycles. The van der Waals surface area contributed by atoms with Crippen LogP contribution >= 0.6 is 15.9 Å². The molecule has 1 N–H and O–H groups in total. The molecule has 0 radical (unpaired) electrons. The standard InChI is InChI=1S/C23H25BrN4O4/c1-13-6-14(2)8-20(7-13)32-21-10-18(9-19(11-21)28(30)31)25-23(29)15(3)12-27-17(5)22(24)16(4)26-27/h6-11,15H,12H2,1-5H3,(H,25,29). The van der Waals surface area contributed by atoms with Crippen LogP contribution in [0.1, 0.15) is 29.4 Å². The number of carbonyl (C=O) groups is 1. The minimum absolute atomic E-state index is 0.169. The van der Waals surface area contributed by atoms with Crippen LogP contribution in [-0.4, -0.2) is 20.6 Å². The summed E-state index contributed by atoms with van der Waals surface area (Å²) in [5, 5.41) is 18.6. The van der Waals surface area contributed by atoms with Gasteiger partial charge in [0.2, 0.25) is 5.91 Å². The van der Waals surface area contributed by atoms with Crippen molar-refractivity contribution in [2.75, 3.05) is 5.32 Å². The number of ether oxygens (including phenoxy) is 1. The molecule has 0 spiro atoms. The van der Waals surface area contributed by atoms with Crippen molar-refractivity contribution in [1.82, 2.24) is 9.78 Å². The Labute approximate surface area is 194 Å². The second-order valence-corrected chi connectivity index (χ2v) is 8.75. The quantitative estimate of drug-likeness (QED) is 0.323. The van der Waals surface area contributed by atoms with E-state index in [0.717, 1.165) is 27.0 Å². The average molecular weight is 501 g/mol. The Morgan fingerprint density at radius 2 is 1.75 bits per heavy atom. The van der Waals surface area contributed by atoms with Crippen molar-refractivity contribution in [3.05, 3.63) is 73.5 Å². The molecule has 0 saturated carbocycles. The lowest BCUT2D eigenvalue weighted by molar-refractivity contribution is -0.384.